The quantitative estimate of drug-likeness (QED) is 0.862. The van der Waals surface area contributed by atoms with Gasteiger partial charge >= 0.3 is 0 Å². The highest BCUT2D eigenvalue weighted by atomic mass is 35.5. The number of rotatable bonds is 4. The number of carbonyl (C=O) groups is 1. The molecule has 22 heavy (non-hydrogen) atoms. The molecule has 0 bridgehead atoms. The van der Waals surface area contributed by atoms with Gasteiger partial charge in [0.25, 0.3) is 0 Å². The van der Waals surface area contributed by atoms with Gasteiger partial charge in [-0.25, -0.2) is 0 Å². The molecule has 1 amide bonds. The molecule has 0 spiro atoms. The van der Waals surface area contributed by atoms with Crippen LogP contribution in [0.3, 0.4) is 0 Å². The zero-order valence-corrected chi connectivity index (χ0v) is 13.6. The topological polar surface area (TPSA) is 42.0 Å². The van der Waals surface area contributed by atoms with Crippen molar-refractivity contribution in [1.82, 2.24) is 10.3 Å². The molecule has 3 nitrogen and oxygen atoms in total. The predicted molar refractivity (Wildman–Crippen MR) is 87.8 cm³/mol. The summed E-state index contributed by atoms with van der Waals surface area (Å²) in [6.45, 7) is 1.78. The molecular formula is C17H16Cl2N2O. The summed E-state index contributed by atoms with van der Waals surface area (Å²) < 4.78 is -0.984. The molecule has 2 aromatic rings. The monoisotopic (exact) mass is 334 g/mol. The molecule has 1 aliphatic carbocycles. The number of pyridine rings is 1. The van der Waals surface area contributed by atoms with E-state index < -0.39 is 9.75 Å². The number of benzene rings is 1. The Kier molecular flexibility index (Phi) is 3.87. The Morgan fingerprint density at radius 1 is 1.18 bits per heavy atom. The first kappa shape index (κ1) is 15.3. The van der Waals surface area contributed by atoms with Crippen LogP contribution in [0.5, 0.6) is 0 Å². The predicted octanol–water partition coefficient (Wildman–Crippen LogP) is 3.87. The Hall–Kier alpha value is -1.58. The van der Waals surface area contributed by atoms with Gasteiger partial charge in [0.15, 0.2) is 0 Å². The van der Waals surface area contributed by atoms with Gasteiger partial charge in [-0.2, -0.15) is 0 Å². The number of amides is 1. The van der Waals surface area contributed by atoms with E-state index in [4.69, 9.17) is 23.2 Å². The van der Waals surface area contributed by atoms with Crippen molar-refractivity contribution in [2.75, 3.05) is 0 Å². The molecule has 0 radical (unpaired) electrons. The summed E-state index contributed by atoms with van der Waals surface area (Å²) in [7, 11) is 0. The van der Waals surface area contributed by atoms with Crippen LogP contribution in [0.2, 0.25) is 0 Å². The van der Waals surface area contributed by atoms with Gasteiger partial charge < -0.3 is 5.32 Å². The maximum atomic E-state index is 12.6. The van der Waals surface area contributed by atoms with Gasteiger partial charge in [0.05, 0.1) is 17.2 Å². The third-order valence-corrected chi connectivity index (χ3v) is 5.25. The highest BCUT2D eigenvalue weighted by Crippen LogP contribution is 2.64. The molecule has 1 aromatic carbocycles. The fourth-order valence-corrected chi connectivity index (χ4v) is 3.16. The maximum Gasteiger partial charge on any atom is 0.229 e. The highest BCUT2D eigenvalue weighted by molar-refractivity contribution is 6.53. The lowest BCUT2D eigenvalue weighted by atomic mass is 10.0. The zero-order chi connectivity index (χ0) is 15.8. The van der Waals surface area contributed by atoms with Crippen molar-refractivity contribution in [2.24, 2.45) is 5.41 Å². The molecule has 5 heteroatoms. The molecule has 0 saturated heterocycles. The number of nitrogens with one attached hydrogen (secondary N) is 1. The third kappa shape index (κ3) is 2.71. The maximum absolute atomic E-state index is 12.6. The average Bonchev–Trinajstić information content (AvgIpc) is 3.06. The number of nitrogens with zero attached hydrogens (tertiary/aromatic N) is 1. The fourth-order valence-electron chi connectivity index (χ4n) is 2.46. The van der Waals surface area contributed by atoms with E-state index in [1.807, 2.05) is 48.5 Å². The van der Waals surface area contributed by atoms with Crippen molar-refractivity contribution in [3.63, 3.8) is 0 Å². The number of hydrogen-bond donors (Lipinski definition) is 1. The Morgan fingerprint density at radius 2 is 1.82 bits per heavy atom. The number of alkyl halides is 2. The van der Waals surface area contributed by atoms with E-state index in [1.165, 1.54) is 0 Å². The average molecular weight is 335 g/mol. The molecule has 1 aromatic heterocycles. The summed E-state index contributed by atoms with van der Waals surface area (Å²) in [5.74, 6) is -0.156. The molecule has 1 fully saturated rings. The summed E-state index contributed by atoms with van der Waals surface area (Å²) in [5.41, 5.74) is 0.993. The summed E-state index contributed by atoms with van der Waals surface area (Å²) in [5, 5.41) is 3.04. The third-order valence-electron chi connectivity index (χ3n) is 4.15. The minimum atomic E-state index is -0.984. The Labute approximate surface area is 139 Å². The van der Waals surface area contributed by atoms with Crippen LogP contribution in [-0.4, -0.2) is 15.2 Å². The van der Waals surface area contributed by atoms with E-state index >= 15 is 0 Å². The SMILES string of the molecule is CC1(C(=O)NC(c2ccccc2)c2ccccn2)CC1(Cl)Cl. The Morgan fingerprint density at radius 3 is 2.36 bits per heavy atom. The van der Waals surface area contributed by atoms with Crippen molar-refractivity contribution >= 4 is 29.1 Å². The van der Waals surface area contributed by atoms with Gasteiger partial charge in [-0.1, -0.05) is 36.4 Å². The normalized spacial score (nSPS) is 23.6. The molecule has 0 aliphatic heterocycles. The van der Waals surface area contributed by atoms with Crippen molar-refractivity contribution in [1.29, 1.82) is 0 Å². The first-order valence-electron chi connectivity index (χ1n) is 7.09. The van der Waals surface area contributed by atoms with Gasteiger partial charge in [-0.15, -0.1) is 23.2 Å². The molecule has 2 unspecified atom stereocenters. The van der Waals surface area contributed by atoms with Crippen LogP contribution in [-0.2, 0) is 4.79 Å². The van der Waals surface area contributed by atoms with Crippen molar-refractivity contribution in [2.45, 2.75) is 23.7 Å². The van der Waals surface area contributed by atoms with Crippen LogP contribution >= 0.6 is 23.2 Å². The standard InChI is InChI=1S/C17H16Cl2N2O/c1-16(11-17(16,18)19)15(22)21-14(12-7-3-2-4-8-12)13-9-5-6-10-20-13/h2-10,14H,11H2,1H3,(H,21,22). The highest BCUT2D eigenvalue weighted by Gasteiger charge is 2.68. The number of aromatic nitrogens is 1. The van der Waals surface area contributed by atoms with Gasteiger partial charge in [-0.05, 0) is 31.0 Å². The van der Waals surface area contributed by atoms with Gasteiger partial charge in [0.1, 0.15) is 4.33 Å². The van der Waals surface area contributed by atoms with Gasteiger partial charge in [-0.3, -0.25) is 9.78 Å². The molecule has 1 heterocycles. The van der Waals surface area contributed by atoms with E-state index in [0.717, 1.165) is 11.3 Å². The minimum absolute atomic E-state index is 0.156. The minimum Gasteiger partial charge on any atom is -0.343 e. The van der Waals surface area contributed by atoms with Crippen LogP contribution in [0.25, 0.3) is 0 Å². The molecule has 114 valence electrons. The summed E-state index contributed by atoms with van der Waals surface area (Å²) in [6, 6.07) is 15.0. The van der Waals surface area contributed by atoms with Crippen LogP contribution in [0.4, 0.5) is 0 Å². The smallest absolute Gasteiger partial charge is 0.229 e. The molecule has 1 saturated carbocycles. The largest absolute Gasteiger partial charge is 0.343 e. The second-order valence-corrected chi connectivity index (χ2v) is 7.27. The zero-order valence-electron chi connectivity index (χ0n) is 12.1. The molecule has 1 aliphatic rings. The van der Waals surface area contributed by atoms with Crippen molar-refractivity contribution in [3.8, 4) is 0 Å². The van der Waals surface area contributed by atoms with Crippen LogP contribution in [0, 0.1) is 5.41 Å². The second kappa shape index (κ2) is 5.56. The first-order chi connectivity index (χ1) is 10.4. The summed E-state index contributed by atoms with van der Waals surface area (Å²) in [6.07, 6.45) is 2.17. The van der Waals surface area contributed by atoms with E-state index in [0.29, 0.717) is 6.42 Å². The fraction of sp³-hybridized carbons (Fsp3) is 0.294. The van der Waals surface area contributed by atoms with E-state index in [2.05, 4.69) is 10.3 Å². The molecular weight excluding hydrogens is 319 g/mol. The summed E-state index contributed by atoms with van der Waals surface area (Å²) in [4.78, 5) is 17.0. The van der Waals surface area contributed by atoms with Crippen LogP contribution in [0.1, 0.15) is 30.6 Å². The van der Waals surface area contributed by atoms with Crippen molar-refractivity contribution in [3.05, 3.63) is 66.0 Å². The van der Waals surface area contributed by atoms with Crippen LogP contribution < -0.4 is 5.32 Å². The van der Waals surface area contributed by atoms with Crippen molar-refractivity contribution < 1.29 is 4.79 Å². The lowest BCUT2D eigenvalue weighted by molar-refractivity contribution is -0.126. The second-order valence-electron chi connectivity index (χ2n) is 5.79. The molecule has 1 N–H and O–H groups in total. The van der Waals surface area contributed by atoms with Gasteiger partial charge in [0.2, 0.25) is 5.91 Å². The van der Waals surface area contributed by atoms with Crippen LogP contribution in [0.15, 0.2) is 54.7 Å². The Bertz CT molecular complexity index is 636. The lowest BCUT2D eigenvalue weighted by Crippen LogP contribution is -2.37. The van der Waals surface area contributed by atoms with E-state index in [-0.39, 0.29) is 11.9 Å². The van der Waals surface area contributed by atoms with E-state index in [1.54, 1.807) is 13.1 Å². The Balaban J connectivity index is 1.89. The lowest BCUT2D eigenvalue weighted by Gasteiger charge is -2.21. The number of hydrogen-bond acceptors (Lipinski definition) is 2. The molecule has 3 rings (SSSR count). The number of halogens is 2. The molecule has 2 atom stereocenters. The first-order valence-corrected chi connectivity index (χ1v) is 7.84. The number of carbonyl (C=O) groups excluding carboxylic acids is 1. The summed E-state index contributed by atoms with van der Waals surface area (Å²) >= 11 is 12.2. The van der Waals surface area contributed by atoms with E-state index in [9.17, 15) is 4.79 Å². The van der Waals surface area contributed by atoms with Gasteiger partial charge in [0, 0.05) is 6.20 Å².